The molecule has 1 aromatic rings. The first-order valence-corrected chi connectivity index (χ1v) is 7.27. The number of aliphatic hydroxyl groups is 1. The number of nitrogens with zero attached hydrogens (tertiary/aromatic N) is 1. The average molecular weight is 282 g/mol. The lowest BCUT2D eigenvalue weighted by molar-refractivity contribution is 0.350. The van der Waals surface area contributed by atoms with Gasteiger partial charge in [0.25, 0.3) is 0 Å². The smallest absolute Gasteiger partial charge is 0.301 e. The molecule has 1 aromatic carbocycles. The van der Waals surface area contributed by atoms with Gasteiger partial charge in [0.2, 0.25) is 0 Å². The van der Waals surface area contributed by atoms with Crippen molar-refractivity contribution in [3.8, 4) is 11.8 Å². The number of aliphatic hydroxyl groups excluding tert-OH is 1. The van der Waals surface area contributed by atoms with Crippen molar-refractivity contribution in [3.63, 3.8) is 0 Å². The molecule has 6 heteroatoms. The molecule has 0 saturated carbocycles. The SMILES string of the molecule is CC(C)N(C)S(=O)(=O)Nc1ccccc1C#CCO. The molecule has 0 aliphatic rings. The van der Waals surface area contributed by atoms with Gasteiger partial charge in [0.1, 0.15) is 6.61 Å². The zero-order valence-corrected chi connectivity index (χ0v) is 12.0. The Hall–Kier alpha value is -1.55. The monoisotopic (exact) mass is 282 g/mol. The quantitative estimate of drug-likeness (QED) is 0.810. The van der Waals surface area contributed by atoms with Gasteiger partial charge in [-0.2, -0.15) is 12.7 Å². The molecular weight excluding hydrogens is 264 g/mol. The molecule has 0 unspecified atom stereocenters. The van der Waals surface area contributed by atoms with Crippen LogP contribution in [0, 0.1) is 11.8 Å². The van der Waals surface area contributed by atoms with Gasteiger partial charge < -0.3 is 5.11 Å². The molecule has 0 heterocycles. The first-order chi connectivity index (χ1) is 8.88. The number of benzene rings is 1. The van der Waals surface area contributed by atoms with Crippen molar-refractivity contribution >= 4 is 15.9 Å². The minimum atomic E-state index is -3.61. The van der Waals surface area contributed by atoms with E-state index < -0.39 is 10.2 Å². The first-order valence-electron chi connectivity index (χ1n) is 5.83. The zero-order valence-electron chi connectivity index (χ0n) is 11.2. The second-order valence-corrected chi connectivity index (χ2v) is 5.95. The summed E-state index contributed by atoms with van der Waals surface area (Å²) in [6, 6.07) is 6.65. The van der Waals surface area contributed by atoms with Gasteiger partial charge in [-0.05, 0) is 26.0 Å². The highest BCUT2D eigenvalue weighted by molar-refractivity contribution is 7.90. The Bertz CT molecular complexity index is 585. The zero-order chi connectivity index (χ0) is 14.5. The minimum Gasteiger partial charge on any atom is -0.384 e. The van der Waals surface area contributed by atoms with E-state index in [1.165, 1.54) is 11.4 Å². The van der Waals surface area contributed by atoms with E-state index in [1.807, 2.05) is 0 Å². The Balaban J connectivity index is 3.06. The highest BCUT2D eigenvalue weighted by Crippen LogP contribution is 2.17. The predicted octanol–water partition coefficient (Wildman–Crippen LogP) is 1.03. The number of rotatable bonds is 4. The lowest BCUT2D eigenvalue weighted by Gasteiger charge is -2.22. The van der Waals surface area contributed by atoms with Crippen LogP contribution in [0.3, 0.4) is 0 Å². The lowest BCUT2D eigenvalue weighted by atomic mass is 10.2. The minimum absolute atomic E-state index is 0.145. The van der Waals surface area contributed by atoms with Crippen LogP contribution in [0.2, 0.25) is 0 Å². The van der Waals surface area contributed by atoms with Crippen molar-refractivity contribution in [2.75, 3.05) is 18.4 Å². The van der Waals surface area contributed by atoms with E-state index in [2.05, 4.69) is 16.6 Å². The van der Waals surface area contributed by atoms with Gasteiger partial charge in [0.15, 0.2) is 0 Å². The Kier molecular flexibility index (Phi) is 5.36. The molecular formula is C13H18N2O3S. The van der Waals surface area contributed by atoms with Crippen molar-refractivity contribution in [2.24, 2.45) is 0 Å². The number of hydrogen-bond acceptors (Lipinski definition) is 3. The van der Waals surface area contributed by atoms with Gasteiger partial charge in [0.05, 0.1) is 5.69 Å². The largest absolute Gasteiger partial charge is 0.384 e. The molecule has 1 rings (SSSR count). The van der Waals surface area contributed by atoms with Gasteiger partial charge in [-0.3, -0.25) is 4.72 Å². The standard InChI is InChI=1S/C13H18N2O3S/c1-11(2)15(3)19(17,18)14-13-9-5-4-7-12(13)8-6-10-16/h4-5,7,9,11,14,16H,10H2,1-3H3. The fourth-order valence-corrected chi connectivity index (χ4v) is 2.46. The fourth-order valence-electron chi connectivity index (χ4n) is 1.30. The molecule has 104 valence electrons. The van der Waals surface area contributed by atoms with Crippen molar-refractivity contribution in [1.29, 1.82) is 0 Å². The molecule has 0 aromatic heterocycles. The summed E-state index contributed by atoms with van der Waals surface area (Å²) >= 11 is 0. The van der Waals surface area contributed by atoms with E-state index in [0.717, 1.165) is 0 Å². The second-order valence-electron chi connectivity index (χ2n) is 4.22. The average Bonchev–Trinajstić information content (AvgIpc) is 2.36. The number of anilines is 1. The Morgan fingerprint density at radius 2 is 2.00 bits per heavy atom. The van der Waals surface area contributed by atoms with Crippen LogP contribution in [-0.2, 0) is 10.2 Å². The number of para-hydroxylation sites is 1. The van der Waals surface area contributed by atoms with E-state index in [9.17, 15) is 8.42 Å². The fraction of sp³-hybridized carbons (Fsp3) is 0.385. The molecule has 0 aliphatic carbocycles. The van der Waals surface area contributed by atoms with Crippen molar-refractivity contribution < 1.29 is 13.5 Å². The molecule has 2 N–H and O–H groups in total. The molecule has 0 atom stereocenters. The molecule has 0 aliphatic heterocycles. The third-order valence-electron chi connectivity index (χ3n) is 2.57. The van der Waals surface area contributed by atoms with E-state index >= 15 is 0 Å². The topological polar surface area (TPSA) is 69.6 Å². The van der Waals surface area contributed by atoms with Crippen LogP contribution in [-0.4, -0.2) is 37.5 Å². The maximum atomic E-state index is 12.1. The Morgan fingerprint density at radius 1 is 1.37 bits per heavy atom. The summed E-state index contributed by atoms with van der Waals surface area (Å²) in [5.74, 6) is 5.21. The number of nitrogens with one attached hydrogen (secondary N) is 1. The Labute approximate surface area is 114 Å². The van der Waals surface area contributed by atoms with Crippen LogP contribution in [0.15, 0.2) is 24.3 Å². The number of hydrogen-bond donors (Lipinski definition) is 2. The van der Waals surface area contributed by atoms with Gasteiger partial charge in [0, 0.05) is 18.7 Å². The highest BCUT2D eigenvalue weighted by Gasteiger charge is 2.20. The van der Waals surface area contributed by atoms with E-state index in [-0.39, 0.29) is 12.6 Å². The van der Waals surface area contributed by atoms with Crippen molar-refractivity contribution in [1.82, 2.24) is 4.31 Å². The Morgan fingerprint density at radius 3 is 2.58 bits per heavy atom. The molecule has 5 nitrogen and oxygen atoms in total. The van der Waals surface area contributed by atoms with Gasteiger partial charge in [-0.1, -0.05) is 24.0 Å². The second kappa shape index (κ2) is 6.57. The maximum absolute atomic E-state index is 12.1. The van der Waals surface area contributed by atoms with Crippen LogP contribution in [0.4, 0.5) is 5.69 Å². The summed E-state index contributed by atoms with van der Waals surface area (Å²) in [5, 5.41) is 8.69. The van der Waals surface area contributed by atoms with Crippen LogP contribution in [0.1, 0.15) is 19.4 Å². The summed E-state index contributed by atoms with van der Waals surface area (Å²) in [6.07, 6.45) is 0. The van der Waals surface area contributed by atoms with E-state index in [0.29, 0.717) is 11.3 Å². The molecule has 0 amide bonds. The molecule has 0 radical (unpaired) electrons. The van der Waals surface area contributed by atoms with Crippen LogP contribution >= 0.6 is 0 Å². The van der Waals surface area contributed by atoms with Crippen LogP contribution in [0.25, 0.3) is 0 Å². The predicted molar refractivity (Wildman–Crippen MR) is 75.8 cm³/mol. The summed E-state index contributed by atoms with van der Waals surface area (Å²) in [5.41, 5.74) is 0.924. The van der Waals surface area contributed by atoms with Gasteiger partial charge in [-0.25, -0.2) is 0 Å². The summed E-state index contributed by atoms with van der Waals surface area (Å²) in [7, 11) is -2.10. The lowest BCUT2D eigenvalue weighted by Crippen LogP contribution is -2.37. The highest BCUT2D eigenvalue weighted by atomic mass is 32.2. The molecule has 0 saturated heterocycles. The maximum Gasteiger partial charge on any atom is 0.301 e. The van der Waals surface area contributed by atoms with Crippen molar-refractivity contribution in [2.45, 2.75) is 19.9 Å². The normalized spacial score (nSPS) is 11.3. The van der Waals surface area contributed by atoms with Crippen LogP contribution in [0.5, 0.6) is 0 Å². The van der Waals surface area contributed by atoms with Gasteiger partial charge >= 0.3 is 10.2 Å². The third kappa shape index (κ3) is 4.24. The van der Waals surface area contributed by atoms with E-state index in [4.69, 9.17) is 5.11 Å². The molecule has 0 bridgehead atoms. The molecule has 0 fully saturated rings. The third-order valence-corrected chi connectivity index (χ3v) is 4.23. The summed E-state index contributed by atoms with van der Waals surface area (Å²) in [6.45, 7) is 3.31. The molecule has 0 spiro atoms. The van der Waals surface area contributed by atoms with E-state index in [1.54, 1.807) is 38.1 Å². The first kappa shape index (κ1) is 15.5. The van der Waals surface area contributed by atoms with Crippen LogP contribution < -0.4 is 4.72 Å². The summed E-state index contributed by atoms with van der Waals surface area (Å²) < 4.78 is 27.9. The van der Waals surface area contributed by atoms with Crippen molar-refractivity contribution in [3.05, 3.63) is 29.8 Å². The summed E-state index contributed by atoms with van der Waals surface area (Å²) in [4.78, 5) is 0. The molecule has 19 heavy (non-hydrogen) atoms. The van der Waals surface area contributed by atoms with Gasteiger partial charge in [-0.15, -0.1) is 0 Å².